The number of amides is 1. The second kappa shape index (κ2) is 7.53. The molecule has 0 saturated carbocycles. The first-order valence-electron chi connectivity index (χ1n) is 8.69. The van der Waals surface area contributed by atoms with Crippen LogP contribution < -0.4 is 10.2 Å². The predicted octanol–water partition coefficient (Wildman–Crippen LogP) is 4.36. The van der Waals surface area contributed by atoms with Crippen LogP contribution in [0.2, 0.25) is 0 Å². The van der Waals surface area contributed by atoms with E-state index in [1.54, 1.807) is 30.3 Å². The molecule has 1 heterocycles. The quantitative estimate of drug-likeness (QED) is 0.773. The Kier molecular flexibility index (Phi) is 5.36. The normalized spacial score (nSPS) is 16.7. The molecule has 140 valence electrons. The third-order valence-electron chi connectivity index (χ3n) is 4.44. The number of carbonyl (C=O) groups is 1. The van der Waals surface area contributed by atoms with Gasteiger partial charge in [-0.15, -0.1) is 0 Å². The molecule has 2 aromatic rings. The number of unbranched alkanes of at least 4 members (excludes halogenated alkanes) is 1. The third kappa shape index (κ3) is 3.77. The molecule has 0 radical (unpaired) electrons. The molecule has 1 amide bonds. The maximum Gasteiger partial charge on any atom is 0.409 e. The molecular weight excluding hydrogens is 345 g/mol. The molecule has 1 saturated heterocycles. The lowest BCUT2D eigenvalue weighted by atomic mass is 9.97. The molecule has 26 heavy (non-hydrogen) atoms. The van der Waals surface area contributed by atoms with Crippen molar-refractivity contribution in [3.05, 3.63) is 42.0 Å². The van der Waals surface area contributed by atoms with Crippen LogP contribution in [-0.2, 0) is 4.79 Å². The monoisotopic (exact) mass is 366 g/mol. The number of hydrogen-bond acceptors (Lipinski definition) is 3. The topological polar surface area (TPSA) is 41.6 Å². The fourth-order valence-electron chi connectivity index (χ4n) is 3.19. The summed E-state index contributed by atoms with van der Waals surface area (Å²) in [6, 6.07) is 8.04. The van der Waals surface area contributed by atoms with E-state index in [1.807, 2.05) is 6.92 Å². The Balaban J connectivity index is 2.05. The van der Waals surface area contributed by atoms with Gasteiger partial charge in [0, 0.05) is 18.4 Å². The number of nitrogens with zero attached hydrogens (tertiary/aromatic N) is 1. The van der Waals surface area contributed by atoms with Gasteiger partial charge in [0.1, 0.15) is 5.75 Å². The SMILES string of the molecule is CCCCOc1ccc([C@H](N2CCC(=O)N2)C(F)(F)F)c2ccccc12. The molecule has 0 spiro atoms. The summed E-state index contributed by atoms with van der Waals surface area (Å²) in [6.07, 6.45) is -2.62. The Bertz CT molecular complexity index is 792. The molecule has 3 rings (SSSR count). The van der Waals surface area contributed by atoms with E-state index < -0.39 is 18.1 Å². The molecule has 1 atom stereocenters. The van der Waals surface area contributed by atoms with Gasteiger partial charge in [0.05, 0.1) is 6.61 Å². The van der Waals surface area contributed by atoms with E-state index in [1.165, 1.54) is 6.07 Å². The average molecular weight is 366 g/mol. The highest BCUT2D eigenvalue weighted by Crippen LogP contribution is 2.42. The molecule has 7 heteroatoms. The smallest absolute Gasteiger partial charge is 0.409 e. The minimum absolute atomic E-state index is 0.0199. The largest absolute Gasteiger partial charge is 0.493 e. The van der Waals surface area contributed by atoms with Gasteiger partial charge in [0.15, 0.2) is 6.04 Å². The molecule has 0 aromatic heterocycles. The van der Waals surface area contributed by atoms with Crippen molar-refractivity contribution in [2.45, 2.75) is 38.4 Å². The second-order valence-electron chi connectivity index (χ2n) is 6.32. The zero-order chi connectivity index (χ0) is 18.7. The first-order valence-corrected chi connectivity index (χ1v) is 8.69. The van der Waals surface area contributed by atoms with Crippen molar-refractivity contribution >= 4 is 16.7 Å². The van der Waals surface area contributed by atoms with Gasteiger partial charge in [0.25, 0.3) is 0 Å². The summed E-state index contributed by atoms with van der Waals surface area (Å²) in [5.41, 5.74) is 2.43. The standard InChI is InChI=1S/C19H21F3N2O2/c1-2-3-12-26-16-9-8-15(13-6-4-5-7-14(13)16)18(19(20,21)22)24-11-10-17(25)23-24/h4-9,18H,2-3,10-12H2,1H3,(H,23,25)/t18-/m0/s1. The summed E-state index contributed by atoms with van der Waals surface area (Å²) < 4.78 is 47.3. The molecule has 2 aromatic carbocycles. The lowest BCUT2D eigenvalue weighted by molar-refractivity contribution is -0.190. The Labute approximate surface area is 149 Å². The van der Waals surface area contributed by atoms with Gasteiger partial charge >= 0.3 is 6.18 Å². The third-order valence-corrected chi connectivity index (χ3v) is 4.44. The number of fused-ring (bicyclic) bond motifs is 1. The number of nitrogens with one attached hydrogen (secondary N) is 1. The van der Waals surface area contributed by atoms with E-state index in [2.05, 4.69) is 5.43 Å². The molecular formula is C19H21F3N2O2. The second-order valence-corrected chi connectivity index (χ2v) is 6.32. The number of benzene rings is 2. The average Bonchev–Trinajstić information content (AvgIpc) is 3.01. The minimum Gasteiger partial charge on any atom is -0.493 e. The summed E-state index contributed by atoms with van der Waals surface area (Å²) in [5, 5.41) is 2.09. The molecule has 0 bridgehead atoms. The number of alkyl halides is 3. The Morgan fingerprint density at radius 1 is 1.19 bits per heavy atom. The highest BCUT2D eigenvalue weighted by Gasteiger charge is 2.47. The number of hydrogen-bond donors (Lipinski definition) is 1. The summed E-state index contributed by atoms with van der Waals surface area (Å²) in [4.78, 5) is 11.4. The first-order chi connectivity index (χ1) is 12.4. The van der Waals surface area contributed by atoms with E-state index in [4.69, 9.17) is 4.74 Å². The van der Waals surface area contributed by atoms with Crippen molar-refractivity contribution in [1.82, 2.24) is 10.4 Å². The van der Waals surface area contributed by atoms with Crippen LogP contribution in [0.4, 0.5) is 13.2 Å². The van der Waals surface area contributed by atoms with Crippen LogP contribution >= 0.6 is 0 Å². The number of hydrazine groups is 1. The van der Waals surface area contributed by atoms with E-state index in [0.29, 0.717) is 23.1 Å². The van der Waals surface area contributed by atoms with Crippen molar-refractivity contribution < 1.29 is 22.7 Å². The van der Waals surface area contributed by atoms with Crippen molar-refractivity contribution in [2.75, 3.05) is 13.2 Å². The van der Waals surface area contributed by atoms with E-state index in [-0.39, 0.29) is 18.5 Å². The van der Waals surface area contributed by atoms with Gasteiger partial charge in [-0.05, 0) is 23.4 Å². The van der Waals surface area contributed by atoms with Crippen LogP contribution in [-0.4, -0.2) is 30.2 Å². The summed E-state index contributed by atoms with van der Waals surface area (Å²) >= 11 is 0. The fourth-order valence-corrected chi connectivity index (χ4v) is 3.19. The zero-order valence-electron chi connectivity index (χ0n) is 14.5. The van der Waals surface area contributed by atoms with E-state index >= 15 is 0 Å². The van der Waals surface area contributed by atoms with Gasteiger partial charge in [-0.2, -0.15) is 13.2 Å². The summed E-state index contributed by atoms with van der Waals surface area (Å²) in [7, 11) is 0. The van der Waals surface area contributed by atoms with Gasteiger partial charge in [-0.25, -0.2) is 5.01 Å². The highest BCUT2D eigenvalue weighted by molar-refractivity contribution is 5.91. The van der Waals surface area contributed by atoms with Crippen LogP contribution in [0, 0.1) is 0 Å². The summed E-state index contributed by atoms with van der Waals surface area (Å²) in [6.45, 7) is 2.58. The van der Waals surface area contributed by atoms with E-state index in [9.17, 15) is 18.0 Å². The Morgan fingerprint density at radius 2 is 1.92 bits per heavy atom. The fraction of sp³-hybridized carbons (Fsp3) is 0.421. The molecule has 0 aliphatic carbocycles. The van der Waals surface area contributed by atoms with Gasteiger partial charge in [-0.3, -0.25) is 10.2 Å². The number of carbonyl (C=O) groups excluding carboxylic acids is 1. The Morgan fingerprint density at radius 3 is 2.54 bits per heavy atom. The van der Waals surface area contributed by atoms with Crippen molar-refractivity contribution in [1.29, 1.82) is 0 Å². The van der Waals surface area contributed by atoms with Crippen LogP contribution in [0.1, 0.15) is 37.8 Å². The lowest BCUT2D eigenvalue weighted by Crippen LogP contribution is -2.43. The number of rotatable bonds is 6. The number of halogens is 3. The minimum atomic E-state index is -4.52. The van der Waals surface area contributed by atoms with Crippen molar-refractivity contribution in [3.8, 4) is 5.75 Å². The van der Waals surface area contributed by atoms with Gasteiger partial charge < -0.3 is 4.74 Å². The molecule has 1 N–H and O–H groups in total. The maximum absolute atomic E-state index is 13.8. The van der Waals surface area contributed by atoms with Gasteiger partial charge in [0.2, 0.25) is 5.91 Å². The zero-order valence-corrected chi connectivity index (χ0v) is 14.5. The van der Waals surface area contributed by atoms with E-state index in [0.717, 1.165) is 17.9 Å². The maximum atomic E-state index is 13.8. The molecule has 1 fully saturated rings. The highest BCUT2D eigenvalue weighted by atomic mass is 19.4. The van der Waals surface area contributed by atoms with Crippen molar-refractivity contribution in [3.63, 3.8) is 0 Å². The van der Waals surface area contributed by atoms with Crippen LogP contribution in [0.5, 0.6) is 5.75 Å². The predicted molar refractivity (Wildman–Crippen MR) is 92.6 cm³/mol. The lowest BCUT2D eigenvalue weighted by Gasteiger charge is -2.30. The van der Waals surface area contributed by atoms with Crippen LogP contribution in [0.15, 0.2) is 36.4 Å². The first kappa shape index (κ1) is 18.5. The summed E-state index contributed by atoms with van der Waals surface area (Å²) in [5.74, 6) is 0.173. The molecule has 1 aliphatic heterocycles. The molecule has 0 unspecified atom stereocenters. The van der Waals surface area contributed by atoms with Crippen molar-refractivity contribution in [2.24, 2.45) is 0 Å². The van der Waals surface area contributed by atoms with Crippen LogP contribution in [0.3, 0.4) is 0 Å². The molecule has 1 aliphatic rings. The van der Waals surface area contributed by atoms with Crippen LogP contribution in [0.25, 0.3) is 10.8 Å². The van der Waals surface area contributed by atoms with Gasteiger partial charge in [-0.1, -0.05) is 43.7 Å². The number of ether oxygens (including phenoxy) is 1. The molecule has 4 nitrogen and oxygen atoms in total. The Hall–Kier alpha value is -2.28.